The number of halogens is 3. The van der Waals surface area contributed by atoms with Crippen LogP contribution in [-0.4, -0.2) is 27.7 Å². The number of nitrogen functional groups attached to an aromatic ring is 1. The minimum absolute atomic E-state index is 0.0733. The first-order chi connectivity index (χ1) is 8.29. The van der Waals surface area contributed by atoms with Gasteiger partial charge in [-0.25, -0.2) is 4.98 Å². The standard InChI is InChI=1S/C10H14F3N3OS/c1-18(17)4-2-3-15-9-6-7(10(11,12)13)5-8(14)16-9/h5-6H,2-4H2,1H3,(H3,14,15,16). The number of alkyl halides is 3. The van der Waals surface area contributed by atoms with E-state index in [4.69, 9.17) is 5.73 Å². The van der Waals surface area contributed by atoms with Crippen molar-refractivity contribution in [1.82, 2.24) is 4.98 Å². The lowest BCUT2D eigenvalue weighted by molar-refractivity contribution is -0.137. The molecule has 1 unspecified atom stereocenters. The molecule has 0 amide bonds. The average molecular weight is 281 g/mol. The quantitative estimate of drug-likeness (QED) is 0.808. The van der Waals surface area contributed by atoms with Gasteiger partial charge < -0.3 is 11.1 Å². The Morgan fingerprint density at radius 3 is 2.67 bits per heavy atom. The fourth-order valence-corrected chi connectivity index (χ4v) is 1.85. The summed E-state index contributed by atoms with van der Waals surface area (Å²) in [4.78, 5) is 3.75. The molecular formula is C10H14F3N3OS. The summed E-state index contributed by atoms with van der Waals surface area (Å²) in [5.74, 6) is 0.372. The van der Waals surface area contributed by atoms with Gasteiger partial charge in [0.2, 0.25) is 0 Å². The molecule has 1 aromatic heterocycles. The highest BCUT2D eigenvalue weighted by Crippen LogP contribution is 2.31. The summed E-state index contributed by atoms with van der Waals surface area (Å²) in [6.45, 7) is 0.396. The van der Waals surface area contributed by atoms with Crippen LogP contribution in [0.3, 0.4) is 0 Å². The molecule has 8 heteroatoms. The van der Waals surface area contributed by atoms with E-state index in [9.17, 15) is 17.4 Å². The molecule has 0 aromatic carbocycles. The zero-order chi connectivity index (χ0) is 13.8. The predicted octanol–water partition coefficient (Wildman–Crippen LogP) is 1.86. The summed E-state index contributed by atoms with van der Waals surface area (Å²) in [6.07, 6.45) is -2.29. The first kappa shape index (κ1) is 14.7. The number of hydrogen-bond donors (Lipinski definition) is 2. The summed E-state index contributed by atoms with van der Waals surface area (Å²) in [5, 5.41) is 2.73. The molecule has 1 heterocycles. The van der Waals surface area contributed by atoms with Gasteiger partial charge in [0.1, 0.15) is 11.6 Å². The van der Waals surface area contributed by atoms with E-state index in [1.165, 1.54) is 0 Å². The molecule has 0 spiro atoms. The second-order valence-electron chi connectivity index (χ2n) is 3.72. The highest BCUT2D eigenvalue weighted by Gasteiger charge is 2.31. The fourth-order valence-electron chi connectivity index (χ4n) is 1.30. The van der Waals surface area contributed by atoms with Crippen molar-refractivity contribution in [2.45, 2.75) is 12.6 Å². The first-order valence-corrected chi connectivity index (χ1v) is 6.90. The van der Waals surface area contributed by atoms with E-state index in [2.05, 4.69) is 10.3 Å². The van der Waals surface area contributed by atoms with Gasteiger partial charge in [0.05, 0.1) is 5.56 Å². The van der Waals surface area contributed by atoms with Crippen LogP contribution in [-0.2, 0) is 17.0 Å². The van der Waals surface area contributed by atoms with Crippen molar-refractivity contribution in [3.63, 3.8) is 0 Å². The van der Waals surface area contributed by atoms with Gasteiger partial charge in [-0.2, -0.15) is 13.2 Å². The van der Waals surface area contributed by atoms with Crippen LogP contribution in [0.25, 0.3) is 0 Å². The number of nitrogens with zero attached hydrogens (tertiary/aromatic N) is 1. The van der Waals surface area contributed by atoms with Gasteiger partial charge in [0.25, 0.3) is 0 Å². The van der Waals surface area contributed by atoms with Gasteiger partial charge in [-0.3, -0.25) is 4.21 Å². The summed E-state index contributed by atoms with van der Waals surface area (Å²) in [6, 6.07) is 1.69. The molecule has 4 nitrogen and oxygen atoms in total. The maximum absolute atomic E-state index is 12.5. The zero-order valence-corrected chi connectivity index (χ0v) is 10.6. The van der Waals surface area contributed by atoms with Crippen LogP contribution in [0, 0.1) is 0 Å². The Labute approximate surface area is 105 Å². The zero-order valence-electron chi connectivity index (χ0n) is 9.75. The third-order valence-corrected chi connectivity index (χ3v) is 2.95. The Morgan fingerprint density at radius 2 is 2.11 bits per heavy atom. The Hall–Kier alpha value is -1.31. The Balaban J connectivity index is 2.66. The van der Waals surface area contributed by atoms with Crippen molar-refractivity contribution < 1.29 is 17.4 Å². The third kappa shape index (κ3) is 4.91. The molecule has 18 heavy (non-hydrogen) atoms. The van der Waals surface area contributed by atoms with Crippen molar-refractivity contribution in [2.24, 2.45) is 0 Å². The van der Waals surface area contributed by atoms with E-state index in [0.717, 1.165) is 12.1 Å². The lowest BCUT2D eigenvalue weighted by Gasteiger charge is -2.11. The maximum Gasteiger partial charge on any atom is 0.416 e. The number of hydrogen-bond acceptors (Lipinski definition) is 4. The van der Waals surface area contributed by atoms with E-state index in [0.29, 0.717) is 18.7 Å². The molecule has 1 aromatic rings. The smallest absolute Gasteiger partial charge is 0.384 e. The Bertz CT molecular complexity index is 437. The van der Waals surface area contributed by atoms with Gasteiger partial charge in [0.15, 0.2) is 0 Å². The molecule has 0 aliphatic heterocycles. The molecule has 3 N–H and O–H groups in total. The Kier molecular flexibility index (Phi) is 4.94. The van der Waals surface area contributed by atoms with E-state index in [1.54, 1.807) is 6.26 Å². The topological polar surface area (TPSA) is 68.0 Å². The van der Waals surface area contributed by atoms with Crippen molar-refractivity contribution in [1.29, 1.82) is 0 Å². The second kappa shape index (κ2) is 6.03. The summed E-state index contributed by atoms with van der Waals surface area (Å²) >= 11 is 0. The van der Waals surface area contributed by atoms with Gasteiger partial charge in [-0.15, -0.1) is 0 Å². The van der Waals surface area contributed by atoms with Crippen LogP contribution < -0.4 is 11.1 Å². The minimum Gasteiger partial charge on any atom is -0.384 e. The molecule has 0 aliphatic rings. The van der Waals surface area contributed by atoms with Crippen LogP contribution >= 0.6 is 0 Å². The third-order valence-electron chi connectivity index (χ3n) is 2.09. The summed E-state index contributed by atoms with van der Waals surface area (Å²) in [5.41, 5.74) is 4.47. The van der Waals surface area contributed by atoms with E-state index >= 15 is 0 Å². The molecule has 0 fully saturated rings. The van der Waals surface area contributed by atoms with E-state index in [-0.39, 0.29) is 11.6 Å². The lowest BCUT2D eigenvalue weighted by atomic mass is 10.2. The molecule has 0 saturated heterocycles. The van der Waals surface area contributed by atoms with Crippen LogP contribution in [0.2, 0.25) is 0 Å². The van der Waals surface area contributed by atoms with Crippen LogP contribution in [0.5, 0.6) is 0 Å². The molecule has 1 rings (SSSR count). The van der Waals surface area contributed by atoms with E-state index < -0.39 is 22.5 Å². The largest absolute Gasteiger partial charge is 0.416 e. The summed E-state index contributed by atoms with van der Waals surface area (Å²) in [7, 11) is -0.911. The lowest BCUT2D eigenvalue weighted by Crippen LogP contribution is -2.11. The second-order valence-corrected chi connectivity index (χ2v) is 5.28. The Morgan fingerprint density at radius 1 is 1.44 bits per heavy atom. The predicted molar refractivity (Wildman–Crippen MR) is 65.7 cm³/mol. The van der Waals surface area contributed by atoms with Gasteiger partial charge in [0, 0.05) is 29.4 Å². The molecule has 102 valence electrons. The highest BCUT2D eigenvalue weighted by molar-refractivity contribution is 7.84. The number of nitrogens with one attached hydrogen (secondary N) is 1. The number of pyridine rings is 1. The molecular weight excluding hydrogens is 267 g/mol. The maximum atomic E-state index is 12.5. The molecule has 0 aliphatic carbocycles. The SMILES string of the molecule is CS(=O)CCCNc1cc(C(F)(F)F)cc(N)n1. The van der Waals surface area contributed by atoms with Crippen molar-refractivity contribution in [3.05, 3.63) is 17.7 Å². The van der Waals surface area contributed by atoms with Gasteiger partial charge in [-0.05, 0) is 18.6 Å². The first-order valence-electron chi connectivity index (χ1n) is 5.17. The highest BCUT2D eigenvalue weighted by atomic mass is 32.2. The summed E-state index contributed by atoms with van der Waals surface area (Å²) < 4.78 is 48.3. The van der Waals surface area contributed by atoms with Gasteiger partial charge in [-0.1, -0.05) is 0 Å². The molecule has 0 saturated carbocycles. The normalized spacial score (nSPS) is 13.3. The fraction of sp³-hybridized carbons (Fsp3) is 0.500. The van der Waals surface area contributed by atoms with Crippen molar-refractivity contribution in [3.8, 4) is 0 Å². The minimum atomic E-state index is -4.45. The van der Waals surface area contributed by atoms with Crippen LogP contribution in [0.4, 0.5) is 24.8 Å². The monoisotopic (exact) mass is 281 g/mol. The van der Waals surface area contributed by atoms with Crippen molar-refractivity contribution >= 4 is 22.4 Å². The number of aromatic nitrogens is 1. The average Bonchev–Trinajstić information content (AvgIpc) is 2.22. The van der Waals surface area contributed by atoms with Crippen LogP contribution in [0.1, 0.15) is 12.0 Å². The van der Waals surface area contributed by atoms with Crippen molar-refractivity contribution in [2.75, 3.05) is 29.6 Å². The number of anilines is 2. The van der Waals surface area contributed by atoms with Crippen LogP contribution in [0.15, 0.2) is 12.1 Å². The number of nitrogens with two attached hydrogens (primary N) is 1. The molecule has 0 bridgehead atoms. The molecule has 0 radical (unpaired) electrons. The molecule has 1 atom stereocenters. The van der Waals surface area contributed by atoms with E-state index in [1.807, 2.05) is 0 Å². The number of rotatable bonds is 5. The van der Waals surface area contributed by atoms with Gasteiger partial charge >= 0.3 is 6.18 Å².